The van der Waals surface area contributed by atoms with E-state index in [1.54, 1.807) is 6.07 Å². The number of carbonyl (C=O) groups is 1. The van der Waals surface area contributed by atoms with E-state index in [0.29, 0.717) is 38.2 Å². The topological polar surface area (TPSA) is 61.4 Å². The molecule has 7 heteroatoms. The van der Waals surface area contributed by atoms with E-state index < -0.39 is 0 Å². The minimum absolute atomic E-state index is 0.0246. The molecule has 0 bridgehead atoms. The molecule has 2 aromatic rings. The van der Waals surface area contributed by atoms with Crippen molar-refractivity contribution >= 4 is 11.8 Å². The molecular weight excluding hydrogens is 405 g/mol. The van der Waals surface area contributed by atoms with Gasteiger partial charge in [-0.05, 0) is 38.3 Å². The third-order valence-corrected chi connectivity index (χ3v) is 6.08. The van der Waals surface area contributed by atoms with Crippen molar-refractivity contribution in [3.8, 4) is 0 Å². The maximum atomic E-state index is 14.5. The molecule has 174 valence electrons. The molecule has 1 aromatic carbocycles. The summed E-state index contributed by atoms with van der Waals surface area (Å²) in [6.45, 7) is 12.9. The lowest BCUT2D eigenvalue weighted by Gasteiger charge is -2.37. The zero-order valence-corrected chi connectivity index (χ0v) is 20.0. The zero-order valence-electron chi connectivity index (χ0n) is 20.0. The van der Waals surface area contributed by atoms with E-state index in [4.69, 9.17) is 9.97 Å². The molecule has 0 aliphatic carbocycles. The van der Waals surface area contributed by atoms with Crippen molar-refractivity contribution < 1.29 is 9.18 Å². The van der Waals surface area contributed by atoms with Gasteiger partial charge in [-0.25, -0.2) is 19.2 Å². The quantitative estimate of drug-likeness (QED) is 0.686. The number of benzene rings is 1. The molecule has 0 spiro atoms. The fourth-order valence-electron chi connectivity index (χ4n) is 3.97. The highest BCUT2D eigenvalue weighted by molar-refractivity contribution is 5.74. The molecule has 6 nitrogen and oxygen atoms in total. The summed E-state index contributed by atoms with van der Waals surface area (Å²) in [6.07, 6.45) is 2.18. The maximum absolute atomic E-state index is 14.5. The van der Waals surface area contributed by atoms with E-state index in [-0.39, 0.29) is 23.8 Å². The Balaban J connectivity index is 1.94. The predicted molar refractivity (Wildman–Crippen MR) is 127 cm³/mol. The average molecular weight is 442 g/mol. The van der Waals surface area contributed by atoms with Crippen molar-refractivity contribution in [1.82, 2.24) is 20.2 Å². The lowest BCUT2D eigenvalue weighted by atomic mass is 10.00. The van der Waals surface area contributed by atoms with Gasteiger partial charge < -0.3 is 15.1 Å². The van der Waals surface area contributed by atoms with Crippen LogP contribution in [0, 0.1) is 5.82 Å². The third kappa shape index (κ3) is 5.56. The number of hydrogen-bond donors (Lipinski definition) is 1. The van der Waals surface area contributed by atoms with Gasteiger partial charge in [-0.15, -0.1) is 0 Å². The summed E-state index contributed by atoms with van der Waals surface area (Å²) in [4.78, 5) is 26.4. The van der Waals surface area contributed by atoms with Crippen molar-refractivity contribution in [2.24, 2.45) is 0 Å². The maximum Gasteiger partial charge on any atom is 0.317 e. The van der Waals surface area contributed by atoms with Crippen molar-refractivity contribution in [1.29, 1.82) is 0 Å². The molecule has 2 heterocycles. The Morgan fingerprint density at radius 3 is 2.38 bits per heavy atom. The van der Waals surface area contributed by atoms with Gasteiger partial charge in [0.1, 0.15) is 17.5 Å². The van der Waals surface area contributed by atoms with Crippen LogP contribution in [0.3, 0.4) is 0 Å². The zero-order chi connectivity index (χ0) is 23.3. The Bertz CT molecular complexity index is 925. The molecule has 0 saturated carbocycles. The number of halogens is 1. The van der Waals surface area contributed by atoms with Crippen LogP contribution in [0.1, 0.15) is 69.6 Å². The first-order chi connectivity index (χ1) is 15.3. The SMILES string of the molecule is CCc1nc([C@@H](C)CC)nc(N2CCN(C(=O)NC(C)C)CC2)c1Cc1ccccc1F. The number of piperazine rings is 1. The monoisotopic (exact) mass is 441 g/mol. The second-order valence-corrected chi connectivity index (χ2v) is 8.84. The van der Waals surface area contributed by atoms with Gasteiger partial charge in [-0.1, -0.05) is 39.0 Å². The Morgan fingerprint density at radius 2 is 1.78 bits per heavy atom. The second-order valence-electron chi connectivity index (χ2n) is 8.84. The summed E-state index contributed by atoms with van der Waals surface area (Å²) in [5.41, 5.74) is 2.62. The van der Waals surface area contributed by atoms with Gasteiger partial charge in [0.25, 0.3) is 0 Å². The Labute approximate surface area is 191 Å². The van der Waals surface area contributed by atoms with Crippen LogP contribution in [0.4, 0.5) is 15.0 Å². The van der Waals surface area contributed by atoms with E-state index >= 15 is 0 Å². The van der Waals surface area contributed by atoms with E-state index in [1.807, 2.05) is 30.9 Å². The van der Waals surface area contributed by atoms with Crippen LogP contribution in [-0.2, 0) is 12.8 Å². The lowest BCUT2D eigenvalue weighted by Crippen LogP contribution is -2.53. The molecule has 1 aromatic heterocycles. The molecule has 2 amide bonds. The van der Waals surface area contributed by atoms with Crippen LogP contribution in [0.2, 0.25) is 0 Å². The van der Waals surface area contributed by atoms with Crippen LogP contribution in [-0.4, -0.2) is 53.1 Å². The fourth-order valence-corrected chi connectivity index (χ4v) is 3.97. The molecule has 1 fully saturated rings. The molecule has 3 rings (SSSR count). The summed E-state index contributed by atoms with van der Waals surface area (Å²) >= 11 is 0. The van der Waals surface area contributed by atoms with Crippen LogP contribution in [0.15, 0.2) is 24.3 Å². The molecule has 1 aliphatic rings. The first kappa shape index (κ1) is 24.0. The van der Waals surface area contributed by atoms with E-state index in [0.717, 1.165) is 35.7 Å². The highest BCUT2D eigenvalue weighted by Crippen LogP contribution is 2.29. The number of aromatic nitrogens is 2. The third-order valence-electron chi connectivity index (χ3n) is 6.08. The van der Waals surface area contributed by atoms with Gasteiger partial charge in [0.15, 0.2) is 0 Å². The number of nitrogens with one attached hydrogen (secondary N) is 1. The van der Waals surface area contributed by atoms with Crippen LogP contribution in [0.25, 0.3) is 0 Å². The summed E-state index contributed by atoms with van der Waals surface area (Å²) in [5, 5.41) is 2.97. The number of amides is 2. The van der Waals surface area contributed by atoms with E-state index in [1.165, 1.54) is 6.07 Å². The number of nitrogens with zero attached hydrogens (tertiary/aromatic N) is 4. The Hall–Kier alpha value is -2.70. The van der Waals surface area contributed by atoms with E-state index in [2.05, 4.69) is 31.0 Å². The Kier molecular flexibility index (Phi) is 8.04. The summed E-state index contributed by atoms with van der Waals surface area (Å²) < 4.78 is 14.5. The smallest absolute Gasteiger partial charge is 0.317 e. The molecule has 1 N–H and O–H groups in total. The fraction of sp³-hybridized carbons (Fsp3) is 0.560. The summed E-state index contributed by atoms with van der Waals surface area (Å²) in [6, 6.07) is 6.99. The second kappa shape index (κ2) is 10.7. The highest BCUT2D eigenvalue weighted by atomic mass is 19.1. The van der Waals surface area contributed by atoms with Gasteiger partial charge in [-0.3, -0.25) is 0 Å². The van der Waals surface area contributed by atoms with Crippen LogP contribution < -0.4 is 10.2 Å². The molecule has 1 saturated heterocycles. The molecular formula is C25H36FN5O. The number of rotatable bonds is 7. The standard InChI is InChI=1S/C25H36FN5O/c1-6-18(5)23-28-22(7-2)20(16-19-10-8-9-11-21(19)26)24(29-23)30-12-14-31(15-13-30)25(32)27-17(3)4/h8-11,17-18H,6-7,12-16H2,1-5H3,(H,27,32)/t18-/m0/s1. The van der Waals surface area contributed by atoms with Gasteiger partial charge in [-0.2, -0.15) is 0 Å². The minimum atomic E-state index is -0.207. The Morgan fingerprint density at radius 1 is 1.09 bits per heavy atom. The molecule has 1 atom stereocenters. The minimum Gasteiger partial charge on any atom is -0.353 e. The van der Waals surface area contributed by atoms with Gasteiger partial charge in [0.2, 0.25) is 0 Å². The molecule has 1 aliphatic heterocycles. The first-order valence-corrected chi connectivity index (χ1v) is 11.8. The largest absolute Gasteiger partial charge is 0.353 e. The molecule has 0 unspecified atom stereocenters. The number of carbonyl (C=O) groups excluding carboxylic acids is 1. The van der Waals surface area contributed by atoms with Crippen molar-refractivity contribution in [2.75, 3.05) is 31.1 Å². The lowest BCUT2D eigenvalue weighted by molar-refractivity contribution is 0.191. The van der Waals surface area contributed by atoms with Crippen LogP contribution in [0.5, 0.6) is 0 Å². The van der Waals surface area contributed by atoms with Gasteiger partial charge >= 0.3 is 6.03 Å². The van der Waals surface area contributed by atoms with Gasteiger partial charge in [0, 0.05) is 55.8 Å². The van der Waals surface area contributed by atoms with Crippen molar-refractivity contribution in [2.45, 2.75) is 65.8 Å². The van der Waals surface area contributed by atoms with Crippen molar-refractivity contribution in [3.05, 3.63) is 52.7 Å². The normalized spacial score (nSPS) is 15.2. The summed E-state index contributed by atoms with van der Waals surface area (Å²) in [7, 11) is 0. The number of urea groups is 1. The predicted octanol–water partition coefficient (Wildman–Crippen LogP) is 4.52. The summed E-state index contributed by atoms with van der Waals surface area (Å²) in [5.74, 6) is 1.78. The number of aryl methyl sites for hydroxylation is 1. The first-order valence-electron chi connectivity index (χ1n) is 11.8. The number of hydrogen-bond acceptors (Lipinski definition) is 4. The highest BCUT2D eigenvalue weighted by Gasteiger charge is 2.26. The van der Waals surface area contributed by atoms with Gasteiger partial charge in [0.05, 0.1) is 0 Å². The number of anilines is 1. The molecule has 0 radical (unpaired) electrons. The average Bonchev–Trinajstić information content (AvgIpc) is 2.79. The molecule has 32 heavy (non-hydrogen) atoms. The van der Waals surface area contributed by atoms with E-state index in [9.17, 15) is 9.18 Å². The van der Waals surface area contributed by atoms with Crippen LogP contribution >= 0.6 is 0 Å². The van der Waals surface area contributed by atoms with Crippen molar-refractivity contribution in [3.63, 3.8) is 0 Å².